The number of aromatic nitrogens is 4. The van der Waals surface area contributed by atoms with Crippen LogP contribution < -0.4 is 16.0 Å². The van der Waals surface area contributed by atoms with Crippen molar-refractivity contribution in [3.8, 4) is 15.4 Å². The van der Waals surface area contributed by atoms with E-state index in [9.17, 15) is 24.3 Å². The fourth-order valence-electron chi connectivity index (χ4n) is 8.34. The number of amides is 4. The average Bonchev–Trinajstić information content (AvgIpc) is 4.06. The number of thiophene rings is 1. The number of fused-ring (bicyclic) bond motifs is 3. The van der Waals surface area contributed by atoms with E-state index in [2.05, 4.69) is 45.0 Å². The molecule has 2 aromatic carbocycles. The number of thiazole rings is 1. The van der Waals surface area contributed by atoms with E-state index >= 15 is 0 Å². The van der Waals surface area contributed by atoms with E-state index in [-0.39, 0.29) is 43.7 Å². The van der Waals surface area contributed by atoms with Crippen LogP contribution in [0.25, 0.3) is 15.4 Å². The van der Waals surface area contributed by atoms with Crippen LogP contribution in [-0.2, 0) is 30.5 Å². The van der Waals surface area contributed by atoms with Gasteiger partial charge in [-0.3, -0.25) is 28.7 Å². The second-order valence-corrected chi connectivity index (χ2v) is 21.7. The number of β-amino-alcohol motifs (C(OH)–C–C–N with tert-alkyl or cyclic N) is 1. The van der Waals surface area contributed by atoms with Gasteiger partial charge in [0.25, 0.3) is 0 Å². The van der Waals surface area contributed by atoms with Gasteiger partial charge in [0.15, 0.2) is 5.82 Å². The summed E-state index contributed by atoms with van der Waals surface area (Å²) in [5, 5.41) is 29.9. The molecule has 0 saturated carbocycles. The summed E-state index contributed by atoms with van der Waals surface area (Å²) in [6.45, 7) is 14.6. The van der Waals surface area contributed by atoms with Crippen LogP contribution in [0.3, 0.4) is 0 Å². The van der Waals surface area contributed by atoms with Crippen molar-refractivity contribution in [1.82, 2.24) is 40.6 Å². The quantitative estimate of drug-likeness (QED) is 0.0638. The monoisotopic (exact) mass is 987 g/mol. The number of aryl methyl sites for hydroxylation is 3. The third-order valence-corrected chi connectivity index (χ3v) is 15.9. The maximum atomic E-state index is 14.2. The standard InChI is InChI=1S/C48H58ClN9O6S3/c1-27-29(3)67-47-40(27)41(33-14-16-35(49)17-15-33)54-37(44-56-55-30(4)58(44)47)23-39(61)50-18-20-64-19-8-9-21-66-48(6,7)43(53-31(5)59)46(63)57-25-36(60)22-38(57)45(62)51-24-32-10-12-34(13-11-32)42-28(2)52-26-65-42/h10-17,26,36-38,43,60H,8-9,18-25H2,1-7H3,(H,50,61)(H,51,62)(H,53,59)/t36-,37+,38+,43-/m1/s1. The molecule has 1 fully saturated rings. The van der Waals surface area contributed by atoms with Crippen molar-refractivity contribution in [3.63, 3.8) is 0 Å². The summed E-state index contributed by atoms with van der Waals surface area (Å²) < 4.78 is 7.16. The largest absolute Gasteiger partial charge is 0.391 e. The number of nitrogens with one attached hydrogen (secondary N) is 3. The Kier molecular flexibility index (Phi) is 16.4. The number of hydrogen-bond acceptors (Lipinski definition) is 13. The first-order valence-electron chi connectivity index (χ1n) is 22.4. The van der Waals surface area contributed by atoms with E-state index in [0.717, 1.165) is 67.8 Å². The van der Waals surface area contributed by atoms with Gasteiger partial charge < -0.3 is 30.7 Å². The lowest BCUT2D eigenvalue weighted by Gasteiger charge is -2.37. The van der Waals surface area contributed by atoms with Crippen LogP contribution in [0.4, 0.5) is 0 Å². The Balaban J connectivity index is 0.862. The van der Waals surface area contributed by atoms with Gasteiger partial charge in [-0.25, -0.2) is 4.98 Å². The average molecular weight is 989 g/mol. The maximum Gasteiger partial charge on any atom is 0.247 e. The lowest BCUT2D eigenvalue weighted by molar-refractivity contribution is -0.142. The van der Waals surface area contributed by atoms with Gasteiger partial charge in [-0.05, 0) is 89.0 Å². The fraction of sp³-hybridized carbons (Fsp3) is 0.458. The maximum absolute atomic E-state index is 14.2. The Morgan fingerprint density at radius 2 is 1.72 bits per heavy atom. The Morgan fingerprint density at radius 3 is 2.42 bits per heavy atom. The zero-order valence-electron chi connectivity index (χ0n) is 38.9. The molecular weight excluding hydrogens is 930 g/mol. The number of aliphatic hydroxyl groups excluding tert-OH is 1. The van der Waals surface area contributed by atoms with Gasteiger partial charge in [0.05, 0.1) is 40.9 Å². The SMILES string of the molecule is CC(=O)N[C@H](C(=O)N1C[C@H](O)C[C@H]1C(=O)NCc1ccc(-c2scnc2C)cc1)C(C)(C)SCCCCOCCNC(=O)C[C@@H]1N=C(c2ccc(Cl)cc2)c2c(sc(C)c2C)-n2c(C)nnc21. The van der Waals surface area contributed by atoms with E-state index in [4.69, 9.17) is 21.3 Å². The van der Waals surface area contributed by atoms with Crippen molar-refractivity contribution in [1.29, 1.82) is 0 Å². The molecule has 4 atom stereocenters. The van der Waals surface area contributed by atoms with Crippen LogP contribution in [-0.4, -0.2) is 114 Å². The predicted octanol–water partition coefficient (Wildman–Crippen LogP) is 6.83. The Bertz CT molecular complexity index is 2610. The molecule has 0 aliphatic carbocycles. The van der Waals surface area contributed by atoms with E-state index in [1.807, 2.05) is 86.3 Å². The summed E-state index contributed by atoms with van der Waals surface area (Å²) in [5.41, 5.74) is 8.54. The molecular formula is C48H58ClN9O6S3. The number of carbonyl (C=O) groups excluding carboxylic acids is 4. The van der Waals surface area contributed by atoms with Crippen LogP contribution in [0.15, 0.2) is 59.0 Å². The number of benzene rings is 2. The molecule has 4 amide bonds. The van der Waals surface area contributed by atoms with Gasteiger partial charge in [-0.15, -0.1) is 32.9 Å². The normalized spacial score (nSPS) is 17.3. The number of unbranched alkanes of at least 4 members (excludes halogenated alkanes) is 1. The van der Waals surface area contributed by atoms with Crippen molar-refractivity contribution in [3.05, 3.63) is 104 Å². The minimum atomic E-state index is -0.938. The van der Waals surface area contributed by atoms with Crippen molar-refractivity contribution in [2.45, 2.75) is 110 Å². The topological polar surface area (TPSA) is 193 Å². The van der Waals surface area contributed by atoms with Crippen LogP contribution in [0.2, 0.25) is 5.02 Å². The molecule has 0 radical (unpaired) electrons. The summed E-state index contributed by atoms with van der Waals surface area (Å²) in [7, 11) is 0. The number of likely N-dealkylation sites (tertiary alicyclic amines) is 1. The van der Waals surface area contributed by atoms with Gasteiger partial charge in [0.2, 0.25) is 23.6 Å². The van der Waals surface area contributed by atoms with Crippen LogP contribution in [0, 0.1) is 27.7 Å². The fourth-order valence-corrected chi connectivity index (χ4v) is 11.7. The molecule has 3 aromatic heterocycles. The van der Waals surface area contributed by atoms with Gasteiger partial charge in [-0.1, -0.05) is 48.0 Å². The molecule has 7 rings (SSSR count). The molecule has 2 aliphatic rings. The number of nitrogens with zero attached hydrogens (tertiary/aromatic N) is 6. The van der Waals surface area contributed by atoms with Gasteiger partial charge in [0, 0.05) is 65.4 Å². The third kappa shape index (κ3) is 11.8. The Hall–Kier alpha value is -4.98. The predicted molar refractivity (Wildman–Crippen MR) is 265 cm³/mol. The minimum absolute atomic E-state index is 0.00749. The Labute approximate surface area is 408 Å². The summed E-state index contributed by atoms with van der Waals surface area (Å²) in [6, 6.07) is 13.1. The minimum Gasteiger partial charge on any atom is -0.391 e. The Morgan fingerprint density at radius 1 is 0.985 bits per heavy atom. The van der Waals surface area contributed by atoms with Crippen molar-refractivity contribution in [2.24, 2.45) is 4.99 Å². The van der Waals surface area contributed by atoms with E-state index in [1.54, 1.807) is 34.4 Å². The number of ether oxygens (including phenoxy) is 1. The summed E-state index contributed by atoms with van der Waals surface area (Å²) in [4.78, 5) is 66.7. The number of thioether (sulfide) groups is 1. The van der Waals surface area contributed by atoms with E-state index in [1.165, 1.54) is 16.7 Å². The van der Waals surface area contributed by atoms with E-state index < -0.39 is 34.9 Å². The van der Waals surface area contributed by atoms with Crippen molar-refractivity contribution in [2.75, 3.05) is 32.1 Å². The van der Waals surface area contributed by atoms with Crippen molar-refractivity contribution < 1.29 is 29.0 Å². The highest BCUT2D eigenvalue weighted by Crippen LogP contribution is 2.40. The number of halogens is 1. The first-order chi connectivity index (χ1) is 32.0. The van der Waals surface area contributed by atoms with Gasteiger partial charge in [0.1, 0.15) is 29.0 Å². The van der Waals surface area contributed by atoms with Gasteiger partial charge >= 0.3 is 0 Å². The van der Waals surface area contributed by atoms with Crippen molar-refractivity contribution >= 4 is 75.4 Å². The van der Waals surface area contributed by atoms with Crippen LogP contribution in [0.5, 0.6) is 0 Å². The summed E-state index contributed by atoms with van der Waals surface area (Å²) in [5.74, 6) is 0.699. The molecule has 0 spiro atoms. The lowest BCUT2D eigenvalue weighted by Crippen LogP contribution is -2.59. The number of carbonyl (C=O) groups is 4. The molecule has 15 nitrogen and oxygen atoms in total. The third-order valence-electron chi connectivity index (χ3n) is 12.0. The molecule has 2 aliphatic heterocycles. The molecule has 19 heteroatoms. The second kappa shape index (κ2) is 22.0. The molecule has 356 valence electrons. The zero-order valence-corrected chi connectivity index (χ0v) is 42.1. The van der Waals surface area contributed by atoms with Crippen LogP contribution in [0.1, 0.15) is 97.0 Å². The highest BCUT2D eigenvalue weighted by molar-refractivity contribution is 8.00. The second-order valence-electron chi connectivity index (χ2n) is 17.4. The summed E-state index contributed by atoms with van der Waals surface area (Å²) >= 11 is 11.0. The first kappa shape index (κ1) is 49.9. The zero-order chi connectivity index (χ0) is 48.0. The molecule has 5 heterocycles. The van der Waals surface area contributed by atoms with Gasteiger partial charge in [-0.2, -0.15) is 11.8 Å². The molecule has 1 saturated heterocycles. The molecule has 0 bridgehead atoms. The smallest absolute Gasteiger partial charge is 0.247 e. The highest BCUT2D eigenvalue weighted by atomic mass is 35.5. The number of rotatable bonds is 19. The van der Waals surface area contributed by atoms with E-state index in [0.29, 0.717) is 36.4 Å². The first-order valence-corrected chi connectivity index (χ1v) is 25.5. The molecule has 4 N–H and O–H groups in total. The molecule has 0 unspecified atom stereocenters. The summed E-state index contributed by atoms with van der Waals surface area (Å²) in [6.07, 6.45) is 0.829. The highest BCUT2D eigenvalue weighted by Gasteiger charge is 2.46. The molecule has 5 aromatic rings. The number of aliphatic imine (C=N–C) groups is 1. The molecule has 67 heavy (non-hydrogen) atoms. The lowest BCUT2D eigenvalue weighted by atomic mass is 9.99. The number of aliphatic hydroxyl groups is 1. The number of hydrogen-bond donors (Lipinski definition) is 4. The van der Waals surface area contributed by atoms with Crippen LogP contribution >= 0.6 is 46.0 Å².